The number of aryl methyl sites for hydroxylation is 1. The number of aliphatic imine (C=N–C) groups is 1. The number of nitrogens with zero attached hydrogens (tertiary/aromatic N) is 4. The molecule has 0 saturated heterocycles. The minimum atomic E-state index is -0.818. The second-order valence-electron chi connectivity index (χ2n) is 7.04. The second-order valence-corrected chi connectivity index (χ2v) is 7.48. The number of nitrogens with one attached hydrogen (secondary N) is 1. The lowest BCUT2D eigenvalue weighted by Crippen LogP contribution is -2.42. The van der Waals surface area contributed by atoms with Crippen LogP contribution in [0, 0.1) is 6.92 Å². The molecule has 1 aliphatic heterocycles. The van der Waals surface area contributed by atoms with Gasteiger partial charge in [-0.25, -0.2) is 0 Å². The Bertz CT molecular complexity index is 1080. The zero-order valence-electron chi connectivity index (χ0n) is 16.6. The number of methoxy groups -OCH3 is 1. The Morgan fingerprint density at radius 3 is 2.62 bits per heavy atom. The molecule has 0 aliphatic carbocycles. The van der Waals surface area contributed by atoms with Gasteiger partial charge in [0.25, 0.3) is 0 Å². The van der Waals surface area contributed by atoms with Gasteiger partial charge in [0, 0.05) is 29.2 Å². The van der Waals surface area contributed by atoms with E-state index in [0.29, 0.717) is 23.9 Å². The summed E-state index contributed by atoms with van der Waals surface area (Å²) >= 11 is 6.12. The lowest BCUT2D eigenvalue weighted by molar-refractivity contribution is 0.363. The fraction of sp³-hybridized carbons (Fsp3) is 0.286. The maximum Gasteiger partial charge on any atom is 0.180 e. The predicted molar refractivity (Wildman–Crippen MR) is 114 cm³/mol. The van der Waals surface area contributed by atoms with Crippen LogP contribution >= 0.6 is 11.6 Å². The Labute approximate surface area is 174 Å². The summed E-state index contributed by atoms with van der Waals surface area (Å²) in [4.78, 5) is 5.14. The van der Waals surface area contributed by atoms with Gasteiger partial charge < -0.3 is 10.5 Å². The summed E-state index contributed by atoms with van der Waals surface area (Å²) in [5, 5.41) is 12.9. The van der Waals surface area contributed by atoms with Crippen molar-refractivity contribution in [2.75, 3.05) is 20.2 Å². The number of rotatable bonds is 5. The third-order valence-electron chi connectivity index (χ3n) is 5.03. The van der Waals surface area contributed by atoms with E-state index in [4.69, 9.17) is 27.1 Å². The molecule has 3 N–H and O–H groups in total. The van der Waals surface area contributed by atoms with E-state index in [2.05, 4.69) is 15.5 Å². The third kappa shape index (κ3) is 3.42. The number of aromatic nitrogens is 3. The highest BCUT2D eigenvalue weighted by molar-refractivity contribution is 6.30. The van der Waals surface area contributed by atoms with Crippen molar-refractivity contribution in [1.82, 2.24) is 20.1 Å². The number of nitrogens with two attached hydrogens (primary N) is 1. The highest BCUT2D eigenvalue weighted by atomic mass is 35.5. The summed E-state index contributed by atoms with van der Waals surface area (Å²) in [6.45, 7) is 4.98. The topological polar surface area (TPSA) is 90.3 Å². The molecule has 150 valence electrons. The standard InChI is InChI=1S/C21H23ClN6O/c1-13-26-27-20-21(2,24-11-10-23)25-19(14-4-6-15(22)7-5-14)17-12-16(29-3)8-9-18(17)28(13)20/h4-9,12,24H,10-11,23H2,1-3H3. The molecule has 0 amide bonds. The van der Waals surface area contributed by atoms with Crippen LogP contribution < -0.4 is 15.8 Å². The number of hydrogen-bond donors (Lipinski definition) is 2. The number of halogens is 1. The molecule has 4 rings (SSSR count). The molecule has 1 atom stereocenters. The molecule has 2 heterocycles. The summed E-state index contributed by atoms with van der Waals surface area (Å²) < 4.78 is 7.52. The van der Waals surface area contributed by atoms with Gasteiger partial charge in [-0.1, -0.05) is 23.7 Å². The van der Waals surface area contributed by atoms with Gasteiger partial charge in [0.2, 0.25) is 0 Å². The van der Waals surface area contributed by atoms with Gasteiger partial charge in [0.15, 0.2) is 11.5 Å². The molecule has 2 aromatic carbocycles. The monoisotopic (exact) mass is 410 g/mol. The van der Waals surface area contributed by atoms with Crippen LogP contribution in [0.3, 0.4) is 0 Å². The third-order valence-corrected chi connectivity index (χ3v) is 5.28. The molecule has 1 unspecified atom stereocenters. The summed E-state index contributed by atoms with van der Waals surface area (Å²) in [6.07, 6.45) is 0. The van der Waals surface area contributed by atoms with Gasteiger partial charge in [0.05, 0.1) is 18.5 Å². The zero-order chi connectivity index (χ0) is 20.6. The first-order chi connectivity index (χ1) is 14.0. The van der Waals surface area contributed by atoms with Gasteiger partial charge in [-0.3, -0.25) is 14.9 Å². The van der Waals surface area contributed by atoms with E-state index in [1.165, 1.54) is 0 Å². The van der Waals surface area contributed by atoms with E-state index < -0.39 is 5.66 Å². The fourth-order valence-corrected chi connectivity index (χ4v) is 3.71. The van der Waals surface area contributed by atoms with Crippen molar-refractivity contribution < 1.29 is 4.74 Å². The van der Waals surface area contributed by atoms with Gasteiger partial charge in [-0.2, -0.15) is 0 Å². The van der Waals surface area contributed by atoms with Crippen molar-refractivity contribution in [3.63, 3.8) is 0 Å². The highest BCUT2D eigenvalue weighted by Crippen LogP contribution is 2.34. The summed E-state index contributed by atoms with van der Waals surface area (Å²) in [5.41, 5.74) is 8.57. The molecule has 1 aromatic heterocycles. The summed E-state index contributed by atoms with van der Waals surface area (Å²) in [6, 6.07) is 13.6. The average molecular weight is 411 g/mol. The molecular weight excluding hydrogens is 388 g/mol. The lowest BCUT2D eigenvalue weighted by Gasteiger charge is -2.25. The zero-order valence-corrected chi connectivity index (χ0v) is 17.4. The Morgan fingerprint density at radius 2 is 1.93 bits per heavy atom. The van der Waals surface area contributed by atoms with Gasteiger partial charge >= 0.3 is 0 Å². The lowest BCUT2D eigenvalue weighted by atomic mass is 10.00. The smallest absolute Gasteiger partial charge is 0.180 e. The van der Waals surface area contributed by atoms with Crippen molar-refractivity contribution in [3.05, 3.63) is 70.3 Å². The van der Waals surface area contributed by atoms with Crippen molar-refractivity contribution in [1.29, 1.82) is 0 Å². The normalized spacial score (nSPS) is 17.9. The van der Waals surface area contributed by atoms with Gasteiger partial charge in [0.1, 0.15) is 11.6 Å². The fourth-order valence-electron chi connectivity index (χ4n) is 3.59. The average Bonchev–Trinajstić information content (AvgIpc) is 3.08. The molecule has 29 heavy (non-hydrogen) atoms. The molecule has 0 spiro atoms. The highest BCUT2D eigenvalue weighted by Gasteiger charge is 2.37. The van der Waals surface area contributed by atoms with E-state index in [1.54, 1.807) is 7.11 Å². The van der Waals surface area contributed by atoms with Crippen LogP contribution in [0.25, 0.3) is 5.69 Å². The van der Waals surface area contributed by atoms with Crippen LogP contribution in [-0.2, 0) is 5.66 Å². The number of ether oxygens (including phenoxy) is 1. The van der Waals surface area contributed by atoms with Crippen molar-refractivity contribution in [2.24, 2.45) is 10.7 Å². The van der Waals surface area contributed by atoms with E-state index in [0.717, 1.165) is 34.1 Å². The Kier molecular flexibility index (Phi) is 5.12. The summed E-state index contributed by atoms with van der Waals surface area (Å²) in [7, 11) is 1.65. The molecule has 7 nitrogen and oxygen atoms in total. The molecular formula is C21H23ClN6O. The van der Waals surface area contributed by atoms with Crippen LogP contribution in [0.2, 0.25) is 5.02 Å². The van der Waals surface area contributed by atoms with Crippen LogP contribution in [0.4, 0.5) is 0 Å². The van der Waals surface area contributed by atoms with Crippen LogP contribution in [0.5, 0.6) is 5.75 Å². The largest absolute Gasteiger partial charge is 0.497 e. The van der Waals surface area contributed by atoms with Crippen LogP contribution in [0.15, 0.2) is 47.5 Å². The first kappa shape index (κ1) is 19.6. The minimum absolute atomic E-state index is 0.481. The van der Waals surface area contributed by atoms with E-state index >= 15 is 0 Å². The predicted octanol–water partition coefficient (Wildman–Crippen LogP) is 2.81. The molecule has 0 fully saturated rings. The molecule has 0 bridgehead atoms. The molecule has 0 radical (unpaired) electrons. The van der Waals surface area contributed by atoms with Gasteiger partial charge in [-0.15, -0.1) is 10.2 Å². The summed E-state index contributed by atoms with van der Waals surface area (Å²) in [5.74, 6) is 2.23. The van der Waals surface area contributed by atoms with E-state index in [1.807, 2.05) is 60.9 Å². The van der Waals surface area contributed by atoms with Crippen LogP contribution in [0.1, 0.15) is 29.7 Å². The number of fused-ring (bicyclic) bond motifs is 3. The molecule has 0 saturated carbocycles. The minimum Gasteiger partial charge on any atom is -0.497 e. The SMILES string of the molecule is COc1ccc2c(c1)C(c1ccc(Cl)cc1)=NC(C)(NCCN)c1nnc(C)n1-2. The first-order valence-electron chi connectivity index (χ1n) is 9.39. The second kappa shape index (κ2) is 7.59. The number of benzene rings is 2. The molecule has 1 aliphatic rings. The molecule has 3 aromatic rings. The quantitative estimate of drug-likeness (QED) is 0.675. The van der Waals surface area contributed by atoms with Crippen molar-refractivity contribution in [2.45, 2.75) is 19.5 Å². The number of hydrogen-bond acceptors (Lipinski definition) is 6. The Hall–Kier alpha value is -2.74. The van der Waals surface area contributed by atoms with E-state index in [9.17, 15) is 0 Å². The Balaban J connectivity index is 2.04. The van der Waals surface area contributed by atoms with Crippen molar-refractivity contribution in [3.8, 4) is 11.4 Å². The maximum absolute atomic E-state index is 6.12. The maximum atomic E-state index is 6.12. The van der Waals surface area contributed by atoms with Gasteiger partial charge in [-0.05, 0) is 44.2 Å². The van der Waals surface area contributed by atoms with E-state index in [-0.39, 0.29) is 0 Å². The van der Waals surface area contributed by atoms with Crippen LogP contribution in [-0.4, -0.2) is 40.7 Å². The Morgan fingerprint density at radius 1 is 1.17 bits per heavy atom. The first-order valence-corrected chi connectivity index (χ1v) is 9.77. The molecule has 8 heteroatoms. The van der Waals surface area contributed by atoms with Crippen molar-refractivity contribution >= 4 is 17.3 Å².